The predicted molar refractivity (Wildman–Crippen MR) is 94.3 cm³/mol. The van der Waals surface area contributed by atoms with Gasteiger partial charge in [-0.3, -0.25) is 14.4 Å². The minimum atomic E-state index is -0.470. The number of imide groups is 1. The normalized spacial score (nSPS) is 31.1. The maximum absolute atomic E-state index is 13.1. The number of carbonyl (C=O) groups excluding carboxylic acids is 3. The van der Waals surface area contributed by atoms with Crippen LogP contribution in [0.3, 0.4) is 0 Å². The van der Waals surface area contributed by atoms with Crippen LogP contribution in [0, 0.1) is 23.7 Å². The summed E-state index contributed by atoms with van der Waals surface area (Å²) in [5.74, 6) is -1.28. The van der Waals surface area contributed by atoms with Gasteiger partial charge in [0.2, 0.25) is 11.8 Å². The van der Waals surface area contributed by atoms with E-state index in [2.05, 4.69) is 0 Å². The van der Waals surface area contributed by atoms with E-state index in [1.54, 1.807) is 12.1 Å². The molecule has 0 aromatic heterocycles. The maximum Gasteiger partial charge on any atom is 0.238 e. The van der Waals surface area contributed by atoms with Gasteiger partial charge in [-0.25, -0.2) is 4.90 Å². The fraction of sp³-hybridized carbons (Fsp3) is 0.350. The second-order valence-corrected chi connectivity index (χ2v) is 7.70. The molecule has 2 aromatic rings. The Kier molecular flexibility index (Phi) is 3.11. The van der Waals surface area contributed by atoms with Crippen molar-refractivity contribution in [2.75, 3.05) is 4.90 Å². The fourth-order valence-electron chi connectivity index (χ4n) is 5.06. The molecule has 0 radical (unpaired) electrons. The topological polar surface area (TPSA) is 54.5 Å². The summed E-state index contributed by atoms with van der Waals surface area (Å²) in [6.45, 7) is 0. The highest BCUT2D eigenvalue weighted by molar-refractivity contribution is 6.37. The lowest BCUT2D eigenvalue weighted by molar-refractivity contribution is -0.143. The van der Waals surface area contributed by atoms with Crippen LogP contribution in [0.5, 0.6) is 0 Å². The number of amides is 2. The van der Waals surface area contributed by atoms with Crippen LogP contribution in [-0.2, 0) is 14.4 Å². The molecule has 1 heterocycles. The number of nitrogens with zero attached hydrogens (tertiary/aromatic N) is 1. The third kappa shape index (κ3) is 1.92. The Bertz CT molecular complexity index is 953. The quantitative estimate of drug-likeness (QED) is 0.736. The van der Waals surface area contributed by atoms with Crippen LogP contribution >= 0.6 is 11.6 Å². The molecule has 2 amide bonds. The molecule has 1 aliphatic heterocycles. The van der Waals surface area contributed by atoms with Crippen molar-refractivity contribution in [3.05, 3.63) is 41.4 Å². The van der Waals surface area contributed by atoms with E-state index in [-0.39, 0.29) is 35.4 Å². The Morgan fingerprint density at radius 2 is 1.60 bits per heavy atom. The standard InChI is InChI=1S/C20H16ClNO3/c21-14-7-8-15(12-4-2-1-3-11(12)14)22-19(24)17-10-5-6-13(16(23)9-10)18(17)20(22)25/h1-4,7-8,10,13,17-18H,5-6,9H2/t10-,13+,17+,18-/m1/s1. The first-order valence-corrected chi connectivity index (χ1v) is 9.03. The zero-order chi connectivity index (χ0) is 17.3. The zero-order valence-corrected chi connectivity index (χ0v) is 14.2. The Morgan fingerprint density at radius 1 is 0.880 bits per heavy atom. The molecule has 3 aliphatic carbocycles. The van der Waals surface area contributed by atoms with Crippen molar-refractivity contribution in [1.82, 2.24) is 0 Å². The molecule has 6 rings (SSSR count). The minimum absolute atomic E-state index is 0.0162. The van der Waals surface area contributed by atoms with Crippen LogP contribution < -0.4 is 4.90 Å². The average Bonchev–Trinajstić information content (AvgIpc) is 2.89. The fourth-order valence-corrected chi connectivity index (χ4v) is 5.29. The van der Waals surface area contributed by atoms with Crippen LogP contribution in [0.4, 0.5) is 5.69 Å². The van der Waals surface area contributed by atoms with E-state index in [1.165, 1.54) is 4.90 Å². The molecule has 4 atom stereocenters. The molecule has 2 bridgehead atoms. The first-order valence-electron chi connectivity index (χ1n) is 8.65. The Hall–Kier alpha value is -2.20. The molecule has 2 aromatic carbocycles. The van der Waals surface area contributed by atoms with E-state index in [9.17, 15) is 14.4 Å². The second-order valence-electron chi connectivity index (χ2n) is 7.29. The summed E-state index contributed by atoms with van der Waals surface area (Å²) >= 11 is 6.27. The second kappa shape index (κ2) is 5.15. The molecular weight excluding hydrogens is 338 g/mol. The number of Topliss-reactive ketones (excluding diaryl/α,β-unsaturated/α-hetero) is 1. The lowest BCUT2D eigenvalue weighted by Gasteiger charge is -2.41. The molecule has 126 valence electrons. The van der Waals surface area contributed by atoms with E-state index in [1.807, 2.05) is 24.3 Å². The molecule has 5 heteroatoms. The van der Waals surface area contributed by atoms with Gasteiger partial charge in [0, 0.05) is 28.1 Å². The maximum atomic E-state index is 13.1. The highest BCUT2D eigenvalue weighted by Gasteiger charge is 2.61. The molecule has 25 heavy (non-hydrogen) atoms. The number of rotatable bonds is 1. The Labute approximate surface area is 149 Å². The summed E-state index contributed by atoms with van der Waals surface area (Å²) in [4.78, 5) is 39.8. The zero-order valence-electron chi connectivity index (χ0n) is 13.4. The van der Waals surface area contributed by atoms with Crippen molar-refractivity contribution in [1.29, 1.82) is 0 Å². The molecule has 4 nitrogen and oxygen atoms in total. The number of hydrogen-bond acceptors (Lipinski definition) is 3. The number of hydrogen-bond donors (Lipinski definition) is 0. The van der Waals surface area contributed by atoms with E-state index in [0.29, 0.717) is 17.1 Å². The van der Waals surface area contributed by atoms with Crippen LogP contribution in [0.2, 0.25) is 5.02 Å². The van der Waals surface area contributed by atoms with Crippen molar-refractivity contribution >= 4 is 45.7 Å². The average molecular weight is 354 g/mol. The van der Waals surface area contributed by atoms with Gasteiger partial charge in [-0.2, -0.15) is 0 Å². The van der Waals surface area contributed by atoms with Gasteiger partial charge in [-0.15, -0.1) is 0 Å². The molecule has 3 saturated carbocycles. The van der Waals surface area contributed by atoms with Crippen LogP contribution in [0.25, 0.3) is 10.8 Å². The summed E-state index contributed by atoms with van der Waals surface area (Å²) in [5.41, 5.74) is 0.580. The summed E-state index contributed by atoms with van der Waals surface area (Å²) in [6, 6.07) is 11.0. The summed E-state index contributed by atoms with van der Waals surface area (Å²) in [6.07, 6.45) is 2.05. The monoisotopic (exact) mass is 353 g/mol. The Balaban J connectivity index is 1.67. The van der Waals surface area contributed by atoms with E-state index in [0.717, 1.165) is 23.6 Å². The van der Waals surface area contributed by atoms with E-state index < -0.39 is 5.92 Å². The number of ketones is 1. The largest absolute Gasteiger partial charge is 0.299 e. The first kappa shape index (κ1) is 15.1. The van der Waals surface area contributed by atoms with Crippen LogP contribution in [0.1, 0.15) is 19.3 Å². The van der Waals surface area contributed by atoms with Gasteiger partial charge in [0.25, 0.3) is 0 Å². The smallest absolute Gasteiger partial charge is 0.238 e. The highest BCUT2D eigenvalue weighted by atomic mass is 35.5. The van der Waals surface area contributed by atoms with Crippen molar-refractivity contribution < 1.29 is 14.4 Å². The Morgan fingerprint density at radius 3 is 2.36 bits per heavy atom. The van der Waals surface area contributed by atoms with Gasteiger partial charge in [0.1, 0.15) is 5.78 Å². The lowest BCUT2D eigenvalue weighted by atomic mass is 9.59. The number of halogens is 1. The van der Waals surface area contributed by atoms with Gasteiger partial charge in [-0.1, -0.05) is 35.9 Å². The molecule has 4 fully saturated rings. The molecule has 1 saturated heterocycles. The van der Waals surface area contributed by atoms with Gasteiger partial charge >= 0.3 is 0 Å². The van der Waals surface area contributed by atoms with Crippen LogP contribution in [-0.4, -0.2) is 17.6 Å². The number of benzene rings is 2. The highest BCUT2D eigenvalue weighted by Crippen LogP contribution is 2.52. The predicted octanol–water partition coefficient (Wildman–Crippen LogP) is 3.60. The molecule has 0 N–H and O–H groups in total. The molecule has 0 unspecified atom stereocenters. The third-order valence-electron chi connectivity index (χ3n) is 6.15. The minimum Gasteiger partial charge on any atom is -0.299 e. The third-order valence-corrected chi connectivity index (χ3v) is 6.48. The van der Waals surface area contributed by atoms with Crippen molar-refractivity contribution in [3.63, 3.8) is 0 Å². The number of anilines is 1. The van der Waals surface area contributed by atoms with Crippen molar-refractivity contribution in [3.8, 4) is 0 Å². The van der Waals surface area contributed by atoms with Gasteiger partial charge in [-0.05, 0) is 30.9 Å². The number of carbonyl (C=O) groups is 3. The first-order chi connectivity index (χ1) is 12.1. The molecular formula is C20H16ClNO3. The van der Waals surface area contributed by atoms with Gasteiger partial charge in [0.05, 0.1) is 17.5 Å². The van der Waals surface area contributed by atoms with Crippen LogP contribution in [0.15, 0.2) is 36.4 Å². The van der Waals surface area contributed by atoms with Crippen molar-refractivity contribution in [2.45, 2.75) is 19.3 Å². The van der Waals surface area contributed by atoms with E-state index >= 15 is 0 Å². The van der Waals surface area contributed by atoms with Crippen molar-refractivity contribution in [2.24, 2.45) is 23.7 Å². The lowest BCUT2D eigenvalue weighted by Crippen LogP contribution is -2.46. The SMILES string of the molecule is O=C1C[C@H]2CC[C@@H]1[C@H]1C(=O)N(c3ccc(Cl)c4ccccc34)C(=O)[C@@H]21. The van der Waals surface area contributed by atoms with Gasteiger partial charge in [0.15, 0.2) is 0 Å². The molecule has 0 spiro atoms. The van der Waals surface area contributed by atoms with Gasteiger partial charge < -0.3 is 0 Å². The summed E-state index contributed by atoms with van der Waals surface area (Å²) in [5, 5.41) is 2.19. The van der Waals surface area contributed by atoms with E-state index in [4.69, 9.17) is 11.6 Å². The number of fused-ring (bicyclic) bond motifs is 3. The molecule has 4 aliphatic rings. The summed E-state index contributed by atoms with van der Waals surface area (Å²) < 4.78 is 0. The summed E-state index contributed by atoms with van der Waals surface area (Å²) in [7, 11) is 0.